The Bertz CT molecular complexity index is 1300. The highest BCUT2D eigenvalue weighted by Gasteiger charge is 2.43. The van der Waals surface area contributed by atoms with Crippen LogP contribution in [0.2, 0.25) is 10.0 Å². The average Bonchev–Trinajstić information content (AvgIpc) is 3.52. The van der Waals surface area contributed by atoms with Gasteiger partial charge in [-0.05, 0) is 31.7 Å². The molecule has 6 rings (SSSR count). The van der Waals surface area contributed by atoms with E-state index in [1.165, 1.54) is 6.33 Å². The highest BCUT2D eigenvalue weighted by atomic mass is 35.5. The van der Waals surface area contributed by atoms with Gasteiger partial charge >= 0.3 is 0 Å². The molecule has 3 fully saturated rings. The highest BCUT2D eigenvalue weighted by Crippen LogP contribution is 2.42. The van der Waals surface area contributed by atoms with Gasteiger partial charge in [-0.25, -0.2) is 9.97 Å². The molecule has 0 bridgehead atoms. The number of likely N-dealkylation sites (N-methyl/N-ethyl adjacent to an activating group) is 1. The number of rotatable bonds is 6. The Balaban J connectivity index is 1.33. The van der Waals surface area contributed by atoms with Gasteiger partial charge in [-0.1, -0.05) is 23.2 Å². The minimum Gasteiger partial charge on any atom is -0.493 e. The van der Waals surface area contributed by atoms with Crippen molar-refractivity contribution in [3.63, 3.8) is 0 Å². The summed E-state index contributed by atoms with van der Waals surface area (Å²) in [5, 5.41) is 5.31. The molecule has 9 nitrogen and oxygen atoms in total. The lowest BCUT2D eigenvalue weighted by atomic mass is 10.1. The predicted octanol–water partition coefficient (Wildman–Crippen LogP) is 4.38. The molecule has 37 heavy (non-hydrogen) atoms. The lowest BCUT2D eigenvalue weighted by Crippen LogP contribution is -2.44. The van der Waals surface area contributed by atoms with Crippen molar-refractivity contribution in [1.29, 1.82) is 0 Å². The van der Waals surface area contributed by atoms with E-state index in [0.29, 0.717) is 40.6 Å². The molecular formula is C26H29Cl2N5O4. The topological polar surface area (TPSA) is 81.2 Å². The predicted molar refractivity (Wildman–Crippen MR) is 144 cm³/mol. The molecule has 3 atom stereocenters. The highest BCUT2D eigenvalue weighted by molar-refractivity contribution is 6.44. The van der Waals surface area contributed by atoms with Crippen molar-refractivity contribution in [2.45, 2.75) is 24.7 Å². The van der Waals surface area contributed by atoms with E-state index in [0.717, 1.165) is 54.9 Å². The first-order valence-corrected chi connectivity index (χ1v) is 13.2. The van der Waals surface area contributed by atoms with Gasteiger partial charge in [-0.2, -0.15) is 0 Å². The Morgan fingerprint density at radius 2 is 1.89 bits per heavy atom. The van der Waals surface area contributed by atoms with Crippen molar-refractivity contribution in [2.24, 2.45) is 0 Å². The standard InChI is InChI=1S/C26H29Cl2N5O4/c1-32-6-8-33(9-7-32)24-17(4-3-16(27)23(24)28)31-26-15-11-20(34-2)21(12-18(15)29-14-30-26)37-22-13-36-19-5-10-35-25(19)22/h3-4,11-12,14,19,22,25H,5-10,13H2,1-2H3,(H,29,30,31)/t19?,22-,25?/m1/s1. The van der Waals surface area contributed by atoms with Crippen molar-refractivity contribution < 1.29 is 18.9 Å². The molecule has 0 spiro atoms. The number of nitrogens with one attached hydrogen (secondary N) is 1. The zero-order chi connectivity index (χ0) is 25.5. The van der Waals surface area contributed by atoms with Gasteiger partial charge in [0.1, 0.15) is 18.2 Å². The first kappa shape index (κ1) is 24.8. The first-order chi connectivity index (χ1) is 18.0. The molecule has 1 aromatic heterocycles. The Hall–Kier alpha value is -2.56. The van der Waals surface area contributed by atoms with Crippen LogP contribution in [-0.4, -0.2) is 86.7 Å². The number of ether oxygens (including phenoxy) is 4. The van der Waals surface area contributed by atoms with E-state index in [1.807, 2.05) is 18.2 Å². The molecule has 3 aromatic rings. The number of anilines is 3. The summed E-state index contributed by atoms with van der Waals surface area (Å²) < 4.78 is 23.7. The van der Waals surface area contributed by atoms with Gasteiger partial charge in [0, 0.05) is 44.2 Å². The van der Waals surface area contributed by atoms with E-state index in [2.05, 4.69) is 32.1 Å². The van der Waals surface area contributed by atoms with Crippen LogP contribution in [0.4, 0.5) is 17.2 Å². The van der Waals surface area contributed by atoms with E-state index in [4.69, 9.17) is 42.1 Å². The van der Waals surface area contributed by atoms with Gasteiger partial charge in [0.15, 0.2) is 17.6 Å². The summed E-state index contributed by atoms with van der Waals surface area (Å²) in [7, 11) is 3.74. The minimum absolute atomic E-state index is 0.0642. The third-order valence-electron chi connectivity index (χ3n) is 7.26. The smallest absolute Gasteiger partial charge is 0.164 e. The molecule has 3 saturated heterocycles. The van der Waals surface area contributed by atoms with Crippen LogP contribution < -0.4 is 19.7 Å². The van der Waals surface area contributed by atoms with E-state index in [9.17, 15) is 0 Å². The number of benzene rings is 2. The van der Waals surface area contributed by atoms with Crippen LogP contribution in [0, 0.1) is 0 Å². The van der Waals surface area contributed by atoms with Crippen LogP contribution in [0.1, 0.15) is 6.42 Å². The molecule has 3 aliphatic heterocycles. The first-order valence-electron chi connectivity index (χ1n) is 12.4. The fourth-order valence-electron chi connectivity index (χ4n) is 5.22. The fourth-order valence-corrected chi connectivity index (χ4v) is 5.65. The molecule has 1 N–H and O–H groups in total. The van der Waals surface area contributed by atoms with Crippen molar-refractivity contribution >= 4 is 51.3 Å². The summed E-state index contributed by atoms with van der Waals surface area (Å²) in [5.41, 5.74) is 2.41. The molecule has 0 saturated carbocycles. The summed E-state index contributed by atoms with van der Waals surface area (Å²) in [6.45, 7) is 4.76. The summed E-state index contributed by atoms with van der Waals surface area (Å²) in [5.74, 6) is 1.81. The Labute approximate surface area is 225 Å². The second kappa shape index (κ2) is 10.3. The van der Waals surface area contributed by atoms with Crippen molar-refractivity contribution in [2.75, 3.05) is 63.8 Å². The largest absolute Gasteiger partial charge is 0.493 e. The average molecular weight is 546 g/mol. The van der Waals surface area contributed by atoms with Crippen LogP contribution in [-0.2, 0) is 9.47 Å². The van der Waals surface area contributed by atoms with Crippen LogP contribution in [0.25, 0.3) is 10.9 Å². The van der Waals surface area contributed by atoms with Gasteiger partial charge in [0.2, 0.25) is 0 Å². The number of hydrogen-bond donors (Lipinski definition) is 1. The third kappa shape index (κ3) is 4.75. The molecule has 0 radical (unpaired) electrons. The van der Waals surface area contributed by atoms with Crippen LogP contribution in [0.3, 0.4) is 0 Å². The number of methoxy groups -OCH3 is 1. The normalized spacial score (nSPS) is 23.9. The van der Waals surface area contributed by atoms with Gasteiger partial charge < -0.3 is 34.1 Å². The van der Waals surface area contributed by atoms with Gasteiger partial charge in [-0.3, -0.25) is 0 Å². The molecule has 2 aromatic carbocycles. The molecule has 4 heterocycles. The monoisotopic (exact) mass is 545 g/mol. The maximum atomic E-state index is 6.72. The third-order valence-corrected chi connectivity index (χ3v) is 8.06. The number of aromatic nitrogens is 2. The van der Waals surface area contributed by atoms with Crippen molar-refractivity contribution in [3.8, 4) is 11.5 Å². The molecule has 3 aliphatic rings. The summed E-state index contributed by atoms with van der Waals surface area (Å²) in [4.78, 5) is 13.6. The molecule has 0 aliphatic carbocycles. The quantitative estimate of drug-likeness (QED) is 0.485. The molecule has 11 heteroatoms. The maximum absolute atomic E-state index is 6.72. The summed E-state index contributed by atoms with van der Waals surface area (Å²) in [6, 6.07) is 7.49. The SMILES string of the molecule is COc1cc2c(Nc3ccc(Cl)c(Cl)c3N3CCN(C)CC3)ncnc2cc1O[C@@H]1COC2CCOC21. The van der Waals surface area contributed by atoms with Crippen LogP contribution in [0.5, 0.6) is 11.5 Å². The van der Waals surface area contributed by atoms with E-state index in [1.54, 1.807) is 13.2 Å². The van der Waals surface area contributed by atoms with E-state index < -0.39 is 0 Å². The summed E-state index contributed by atoms with van der Waals surface area (Å²) in [6.07, 6.45) is 2.26. The second-order valence-corrected chi connectivity index (χ2v) is 10.4. The number of nitrogens with zero attached hydrogens (tertiary/aromatic N) is 4. The van der Waals surface area contributed by atoms with Crippen LogP contribution in [0.15, 0.2) is 30.6 Å². The molecule has 0 amide bonds. The lowest BCUT2D eigenvalue weighted by Gasteiger charge is -2.35. The zero-order valence-corrected chi connectivity index (χ0v) is 22.3. The number of hydrogen-bond acceptors (Lipinski definition) is 9. The van der Waals surface area contributed by atoms with Gasteiger partial charge in [0.05, 0.1) is 46.8 Å². The van der Waals surface area contributed by atoms with E-state index >= 15 is 0 Å². The second-order valence-electron chi connectivity index (χ2n) is 9.57. The maximum Gasteiger partial charge on any atom is 0.164 e. The molecular weight excluding hydrogens is 517 g/mol. The minimum atomic E-state index is -0.194. The Kier molecular flexibility index (Phi) is 6.89. The molecule has 2 unspecified atom stereocenters. The summed E-state index contributed by atoms with van der Waals surface area (Å²) >= 11 is 13.1. The van der Waals surface area contributed by atoms with Gasteiger partial charge in [-0.15, -0.1) is 0 Å². The lowest BCUT2D eigenvalue weighted by molar-refractivity contribution is 0.0298. The molecule has 196 valence electrons. The number of fused-ring (bicyclic) bond motifs is 2. The van der Waals surface area contributed by atoms with Crippen molar-refractivity contribution in [1.82, 2.24) is 14.9 Å². The van der Waals surface area contributed by atoms with E-state index in [-0.39, 0.29) is 18.3 Å². The number of piperazine rings is 1. The Morgan fingerprint density at radius 1 is 1.05 bits per heavy atom. The van der Waals surface area contributed by atoms with Gasteiger partial charge in [0.25, 0.3) is 0 Å². The Morgan fingerprint density at radius 3 is 2.70 bits per heavy atom. The zero-order valence-electron chi connectivity index (χ0n) is 20.7. The van der Waals surface area contributed by atoms with Crippen LogP contribution >= 0.6 is 23.2 Å². The number of halogens is 2. The fraction of sp³-hybridized carbons (Fsp3) is 0.462. The van der Waals surface area contributed by atoms with Crippen molar-refractivity contribution in [3.05, 3.63) is 40.6 Å².